The summed E-state index contributed by atoms with van der Waals surface area (Å²) in [5.74, 6) is 0.488. The van der Waals surface area contributed by atoms with Crippen molar-refractivity contribution in [1.29, 1.82) is 0 Å². The largest absolute Gasteiger partial charge is 0.487 e. The molecule has 1 aliphatic rings. The molecule has 1 aliphatic heterocycles. The van der Waals surface area contributed by atoms with Gasteiger partial charge in [0.2, 0.25) is 5.91 Å². The van der Waals surface area contributed by atoms with Crippen LogP contribution in [0.1, 0.15) is 21.4 Å². The highest BCUT2D eigenvalue weighted by atomic mass is 32.2. The number of carbonyl (C=O) groups is 2. The van der Waals surface area contributed by atoms with Gasteiger partial charge < -0.3 is 4.74 Å². The number of aryl methyl sites for hydroxylation is 1. The molecule has 0 aliphatic carbocycles. The second-order valence-corrected chi connectivity index (χ2v) is 9.72. The molecular weight excluding hydrogens is 442 g/mol. The number of hydrogen-bond donors (Lipinski definition) is 0. The average Bonchev–Trinajstić information content (AvgIpc) is 3.32. The fourth-order valence-electron chi connectivity index (χ4n) is 3.48. The lowest BCUT2D eigenvalue weighted by Crippen LogP contribution is -2.24. The summed E-state index contributed by atoms with van der Waals surface area (Å²) >= 11 is 2.68. The Morgan fingerprint density at radius 1 is 1.09 bits per heavy atom. The van der Waals surface area contributed by atoms with Crippen molar-refractivity contribution in [2.75, 3.05) is 7.05 Å². The quantitative estimate of drug-likeness (QED) is 0.385. The summed E-state index contributed by atoms with van der Waals surface area (Å²) in [6.07, 6.45) is 1.66. The van der Waals surface area contributed by atoms with Crippen molar-refractivity contribution in [3.63, 3.8) is 0 Å². The second kappa shape index (κ2) is 8.37. The number of amides is 2. The first-order valence-electron chi connectivity index (χ1n) is 10.0. The molecule has 4 aromatic rings. The van der Waals surface area contributed by atoms with E-state index >= 15 is 0 Å². The SMILES string of the molecule is Cc1sc(-c2ccccc2)nc1COc1ccc2cc(C3SC(=O)N(C)C3=O)cnc2c1. The van der Waals surface area contributed by atoms with Crippen LogP contribution in [0.5, 0.6) is 5.75 Å². The second-order valence-electron chi connectivity index (χ2n) is 7.46. The van der Waals surface area contributed by atoms with Gasteiger partial charge in [0.15, 0.2) is 0 Å². The van der Waals surface area contributed by atoms with Gasteiger partial charge in [0, 0.05) is 35.1 Å². The number of ether oxygens (including phenoxy) is 1. The van der Waals surface area contributed by atoms with Gasteiger partial charge >= 0.3 is 0 Å². The standard InChI is InChI=1S/C24H19N3O3S2/c1-14-20(26-22(31-14)15-6-4-3-5-7-15)13-30-18-9-8-16-10-17(12-25-19(16)11-18)21-23(28)27(2)24(29)32-21/h3-12,21H,13H2,1-2H3. The maximum atomic E-state index is 12.3. The number of carbonyl (C=O) groups excluding carboxylic acids is 2. The molecule has 5 rings (SSSR count). The lowest BCUT2D eigenvalue weighted by atomic mass is 10.1. The van der Waals surface area contributed by atoms with Gasteiger partial charge in [0.1, 0.15) is 22.6 Å². The monoisotopic (exact) mass is 461 g/mol. The molecule has 2 aromatic heterocycles. The van der Waals surface area contributed by atoms with E-state index in [1.807, 2.05) is 42.5 Å². The summed E-state index contributed by atoms with van der Waals surface area (Å²) in [7, 11) is 1.50. The zero-order valence-electron chi connectivity index (χ0n) is 17.4. The number of fused-ring (bicyclic) bond motifs is 1. The van der Waals surface area contributed by atoms with E-state index in [1.54, 1.807) is 17.5 Å². The molecule has 2 aromatic carbocycles. The highest BCUT2D eigenvalue weighted by Gasteiger charge is 2.38. The molecular formula is C24H19N3O3S2. The molecule has 160 valence electrons. The number of hydrogen-bond acceptors (Lipinski definition) is 7. The number of benzene rings is 2. The van der Waals surface area contributed by atoms with E-state index < -0.39 is 5.25 Å². The Bertz CT molecular complexity index is 1340. The normalized spacial score (nSPS) is 16.2. The van der Waals surface area contributed by atoms with Gasteiger partial charge in [-0.3, -0.25) is 19.5 Å². The van der Waals surface area contributed by atoms with Crippen LogP contribution in [0.25, 0.3) is 21.5 Å². The van der Waals surface area contributed by atoms with Gasteiger partial charge in [0.05, 0.1) is 11.2 Å². The first-order valence-corrected chi connectivity index (χ1v) is 11.7. The van der Waals surface area contributed by atoms with Crippen LogP contribution in [0, 0.1) is 6.92 Å². The molecule has 0 radical (unpaired) electrons. The molecule has 0 saturated carbocycles. The van der Waals surface area contributed by atoms with Gasteiger partial charge in [-0.2, -0.15) is 0 Å². The fourth-order valence-corrected chi connectivity index (χ4v) is 5.37. The maximum Gasteiger partial charge on any atom is 0.289 e. The van der Waals surface area contributed by atoms with Crippen molar-refractivity contribution in [2.24, 2.45) is 0 Å². The van der Waals surface area contributed by atoms with Crippen LogP contribution in [0.4, 0.5) is 4.79 Å². The minimum atomic E-state index is -0.535. The van der Waals surface area contributed by atoms with Crippen molar-refractivity contribution in [2.45, 2.75) is 18.8 Å². The number of imide groups is 1. The van der Waals surface area contributed by atoms with Gasteiger partial charge in [-0.15, -0.1) is 11.3 Å². The van der Waals surface area contributed by atoms with Crippen LogP contribution >= 0.6 is 23.1 Å². The summed E-state index contributed by atoms with van der Waals surface area (Å²) in [6.45, 7) is 2.43. The zero-order chi connectivity index (χ0) is 22.2. The zero-order valence-corrected chi connectivity index (χ0v) is 19.1. The van der Waals surface area contributed by atoms with Gasteiger partial charge in [-0.25, -0.2) is 4.98 Å². The molecule has 8 heteroatoms. The average molecular weight is 462 g/mol. The third-order valence-electron chi connectivity index (χ3n) is 5.32. The molecule has 0 bridgehead atoms. The lowest BCUT2D eigenvalue weighted by Gasteiger charge is -2.10. The molecule has 1 unspecified atom stereocenters. The number of pyridine rings is 1. The topological polar surface area (TPSA) is 72.4 Å². The molecule has 1 atom stereocenters. The van der Waals surface area contributed by atoms with Crippen LogP contribution in [0.3, 0.4) is 0 Å². The number of rotatable bonds is 5. The van der Waals surface area contributed by atoms with Crippen molar-refractivity contribution in [3.05, 3.63) is 76.9 Å². The van der Waals surface area contributed by atoms with Gasteiger partial charge in [0.25, 0.3) is 5.24 Å². The van der Waals surface area contributed by atoms with Crippen molar-refractivity contribution in [1.82, 2.24) is 14.9 Å². The number of thiazole rings is 1. The third-order valence-corrected chi connectivity index (χ3v) is 7.56. The number of nitrogens with zero attached hydrogens (tertiary/aromatic N) is 3. The predicted molar refractivity (Wildman–Crippen MR) is 127 cm³/mol. The summed E-state index contributed by atoms with van der Waals surface area (Å²) in [4.78, 5) is 35.6. The Morgan fingerprint density at radius 3 is 2.66 bits per heavy atom. The van der Waals surface area contributed by atoms with E-state index in [-0.39, 0.29) is 11.1 Å². The third kappa shape index (κ3) is 3.87. The molecule has 0 spiro atoms. The van der Waals surface area contributed by atoms with Crippen LogP contribution < -0.4 is 4.74 Å². The van der Waals surface area contributed by atoms with Crippen molar-refractivity contribution in [3.8, 4) is 16.3 Å². The first kappa shape index (κ1) is 20.7. The van der Waals surface area contributed by atoms with Crippen molar-refractivity contribution >= 4 is 45.1 Å². The van der Waals surface area contributed by atoms with E-state index in [2.05, 4.69) is 24.0 Å². The van der Waals surface area contributed by atoms with Crippen LogP contribution in [0.2, 0.25) is 0 Å². The smallest absolute Gasteiger partial charge is 0.289 e. The van der Waals surface area contributed by atoms with E-state index in [9.17, 15) is 9.59 Å². The van der Waals surface area contributed by atoms with Crippen LogP contribution in [-0.4, -0.2) is 33.1 Å². The summed E-state index contributed by atoms with van der Waals surface area (Å²) in [5.41, 5.74) is 3.51. The summed E-state index contributed by atoms with van der Waals surface area (Å²) < 4.78 is 6.00. The van der Waals surface area contributed by atoms with Crippen LogP contribution in [0.15, 0.2) is 60.8 Å². The summed E-state index contributed by atoms with van der Waals surface area (Å²) in [6, 6.07) is 17.7. The molecule has 3 heterocycles. The number of thioether (sulfide) groups is 1. The Morgan fingerprint density at radius 2 is 1.91 bits per heavy atom. The fraction of sp³-hybridized carbons (Fsp3) is 0.167. The Hall–Kier alpha value is -3.23. The molecule has 2 amide bonds. The maximum absolute atomic E-state index is 12.3. The minimum Gasteiger partial charge on any atom is -0.487 e. The Labute approximate surface area is 193 Å². The molecule has 1 fully saturated rings. The molecule has 1 saturated heterocycles. The Kier molecular flexibility index (Phi) is 5.40. The number of likely N-dealkylation sites (N-methyl/N-ethyl adjacent to an activating group) is 1. The lowest BCUT2D eigenvalue weighted by molar-refractivity contribution is -0.125. The van der Waals surface area contributed by atoms with Gasteiger partial charge in [-0.05, 0) is 42.4 Å². The highest BCUT2D eigenvalue weighted by Crippen LogP contribution is 2.39. The number of aromatic nitrogens is 2. The predicted octanol–water partition coefficient (Wildman–Crippen LogP) is 5.61. The van der Waals surface area contributed by atoms with Crippen LogP contribution in [-0.2, 0) is 11.4 Å². The van der Waals surface area contributed by atoms with Crippen molar-refractivity contribution < 1.29 is 14.3 Å². The Balaban J connectivity index is 1.32. The molecule has 6 nitrogen and oxygen atoms in total. The van der Waals surface area contributed by atoms with Gasteiger partial charge in [-0.1, -0.05) is 30.3 Å². The van der Waals surface area contributed by atoms with E-state index in [0.717, 1.165) is 54.3 Å². The van der Waals surface area contributed by atoms with E-state index in [0.29, 0.717) is 12.4 Å². The first-order chi connectivity index (χ1) is 15.5. The molecule has 32 heavy (non-hydrogen) atoms. The molecule has 0 N–H and O–H groups in total. The summed E-state index contributed by atoms with van der Waals surface area (Å²) in [5, 5.41) is 1.10. The van der Waals surface area contributed by atoms with E-state index in [1.165, 1.54) is 7.05 Å². The van der Waals surface area contributed by atoms with E-state index in [4.69, 9.17) is 9.72 Å². The highest BCUT2D eigenvalue weighted by molar-refractivity contribution is 8.14. The minimum absolute atomic E-state index is 0.213.